The zero-order valence-corrected chi connectivity index (χ0v) is 17.1. The monoisotopic (exact) mass is 404 g/mol. The van der Waals surface area contributed by atoms with Crippen molar-refractivity contribution in [1.82, 2.24) is 9.21 Å². The Bertz CT molecular complexity index is 817. The van der Waals surface area contributed by atoms with Gasteiger partial charge in [-0.05, 0) is 36.2 Å². The van der Waals surface area contributed by atoms with Crippen molar-refractivity contribution in [3.8, 4) is 11.5 Å². The molecule has 1 heterocycles. The van der Waals surface area contributed by atoms with Crippen molar-refractivity contribution in [1.29, 1.82) is 0 Å². The van der Waals surface area contributed by atoms with Crippen LogP contribution in [0.3, 0.4) is 0 Å². The maximum absolute atomic E-state index is 12.6. The lowest BCUT2D eigenvalue weighted by molar-refractivity contribution is 0.189. The molecule has 0 aliphatic carbocycles. The lowest BCUT2D eigenvalue weighted by atomic mass is 10.1. The average Bonchev–Trinajstić information content (AvgIpc) is 2.74. The molecule has 0 amide bonds. The van der Waals surface area contributed by atoms with Crippen LogP contribution in [0.2, 0.25) is 0 Å². The minimum atomic E-state index is -3.30. The summed E-state index contributed by atoms with van der Waals surface area (Å²) in [4.78, 5) is 2.33. The second-order valence-corrected chi connectivity index (χ2v) is 8.90. The van der Waals surface area contributed by atoms with Gasteiger partial charge in [0.2, 0.25) is 10.0 Å². The van der Waals surface area contributed by atoms with Gasteiger partial charge in [-0.2, -0.15) is 4.31 Å². The maximum Gasteiger partial charge on any atom is 0.217 e. The second kappa shape index (κ2) is 9.91. The Morgan fingerprint density at radius 1 is 0.893 bits per heavy atom. The van der Waals surface area contributed by atoms with Gasteiger partial charge in [0.05, 0.1) is 12.9 Å². The zero-order chi connectivity index (χ0) is 19.8. The summed E-state index contributed by atoms with van der Waals surface area (Å²) >= 11 is 0. The van der Waals surface area contributed by atoms with Crippen LogP contribution < -0.4 is 9.47 Å². The molecule has 1 saturated heterocycles. The highest BCUT2D eigenvalue weighted by atomic mass is 32.2. The predicted molar refractivity (Wildman–Crippen MR) is 110 cm³/mol. The number of benzene rings is 2. The Morgan fingerprint density at radius 2 is 1.54 bits per heavy atom. The molecule has 0 atom stereocenters. The van der Waals surface area contributed by atoms with E-state index in [0.29, 0.717) is 18.8 Å². The van der Waals surface area contributed by atoms with Crippen LogP contribution in [0.1, 0.15) is 5.56 Å². The highest BCUT2D eigenvalue weighted by Gasteiger charge is 2.26. The molecular weight excluding hydrogens is 376 g/mol. The van der Waals surface area contributed by atoms with Crippen molar-refractivity contribution < 1.29 is 17.9 Å². The minimum absolute atomic E-state index is 0.0109. The number of piperazine rings is 1. The molecule has 7 heteroatoms. The maximum atomic E-state index is 12.6. The molecule has 3 rings (SSSR count). The number of sulfonamides is 1. The molecule has 0 bridgehead atoms. The van der Waals surface area contributed by atoms with Gasteiger partial charge < -0.3 is 14.4 Å². The van der Waals surface area contributed by atoms with Gasteiger partial charge in [0.25, 0.3) is 0 Å². The molecule has 2 aromatic rings. The molecule has 1 aliphatic heterocycles. The first-order valence-electron chi connectivity index (χ1n) is 9.58. The van der Waals surface area contributed by atoms with Gasteiger partial charge in [-0.3, -0.25) is 0 Å². The van der Waals surface area contributed by atoms with Crippen LogP contribution >= 0.6 is 0 Å². The van der Waals surface area contributed by atoms with Gasteiger partial charge in [0.1, 0.15) is 18.1 Å². The molecular formula is C21H28N2O4S. The molecule has 1 fully saturated rings. The molecule has 0 N–H and O–H groups in total. The van der Waals surface area contributed by atoms with E-state index in [0.717, 1.165) is 31.8 Å². The van der Waals surface area contributed by atoms with Crippen LogP contribution in [0.5, 0.6) is 11.5 Å². The topological polar surface area (TPSA) is 59.1 Å². The molecule has 2 aromatic carbocycles. The van der Waals surface area contributed by atoms with E-state index in [9.17, 15) is 8.42 Å². The SMILES string of the molecule is COc1ccc(OCCS(=O)(=O)N2CCN(CCc3ccccc3)CC2)cc1. The number of rotatable bonds is 9. The van der Waals surface area contributed by atoms with Crippen LogP contribution in [-0.2, 0) is 16.4 Å². The first-order chi connectivity index (χ1) is 13.6. The highest BCUT2D eigenvalue weighted by molar-refractivity contribution is 7.89. The van der Waals surface area contributed by atoms with E-state index in [1.54, 1.807) is 35.7 Å². The fourth-order valence-corrected chi connectivity index (χ4v) is 4.50. The fraction of sp³-hybridized carbons (Fsp3) is 0.429. The van der Waals surface area contributed by atoms with E-state index in [1.807, 2.05) is 18.2 Å². The summed E-state index contributed by atoms with van der Waals surface area (Å²) in [5.41, 5.74) is 1.31. The molecule has 0 saturated carbocycles. The van der Waals surface area contributed by atoms with Crippen LogP contribution in [-0.4, -0.2) is 69.8 Å². The summed E-state index contributed by atoms with van der Waals surface area (Å²) < 4.78 is 37.4. The Kier molecular flexibility index (Phi) is 7.30. The summed E-state index contributed by atoms with van der Waals surface area (Å²) in [5.74, 6) is 1.37. The summed E-state index contributed by atoms with van der Waals surface area (Å²) in [7, 11) is -1.70. The van der Waals surface area contributed by atoms with E-state index in [2.05, 4.69) is 17.0 Å². The Morgan fingerprint density at radius 3 is 2.18 bits per heavy atom. The van der Waals surface area contributed by atoms with E-state index in [4.69, 9.17) is 9.47 Å². The molecule has 0 unspecified atom stereocenters. The highest BCUT2D eigenvalue weighted by Crippen LogP contribution is 2.17. The number of hydrogen-bond donors (Lipinski definition) is 0. The Hall–Kier alpha value is -2.09. The normalized spacial score (nSPS) is 16.0. The van der Waals surface area contributed by atoms with Crippen molar-refractivity contribution >= 4 is 10.0 Å². The number of hydrogen-bond acceptors (Lipinski definition) is 5. The first-order valence-corrected chi connectivity index (χ1v) is 11.2. The van der Waals surface area contributed by atoms with Gasteiger partial charge >= 0.3 is 0 Å². The van der Waals surface area contributed by atoms with Crippen molar-refractivity contribution in [2.45, 2.75) is 6.42 Å². The predicted octanol–water partition coefficient (Wildman–Crippen LogP) is 2.26. The van der Waals surface area contributed by atoms with Crippen LogP contribution in [0.4, 0.5) is 0 Å². The zero-order valence-electron chi connectivity index (χ0n) is 16.3. The number of nitrogens with zero attached hydrogens (tertiary/aromatic N) is 2. The van der Waals surface area contributed by atoms with Gasteiger partial charge in [0.15, 0.2) is 0 Å². The molecule has 0 spiro atoms. The smallest absolute Gasteiger partial charge is 0.217 e. The van der Waals surface area contributed by atoms with Gasteiger partial charge in [-0.1, -0.05) is 30.3 Å². The average molecular weight is 405 g/mol. The second-order valence-electron chi connectivity index (χ2n) is 6.82. The molecule has 6 nitrogen and oxygen atoms in total. The Balaban J connectivity index is 1.39. The number of ether oxygens (including phenoxy) is 2. The minimum Gasteiger partial charge on any atom is -0.497 e. The van der Waals surface area contributed by atoms with Crippen LogP contribution in [0, 0.1) is 0 Å². The molecule has 0 radical (unpaired) electrons. The molecule has 1 aliphatic rings. The van der Waals surface area contributed by atoms with E-state index < -0.39 is 10.0 Å². The van der Waals surface area contributed by atoms with E-state index in [1.165, 1.54) is 5.56 Å². The molecule has 28 heavy (non-hydrogen) atoms. The third-order valence-electron chi connectivity index (χ3n) is 4.95. The quantitative estimate of drug-likeness (QED) is 0.642. The van der Waals surface area contributed by atoms with Crippen LogP contribution in [0.15, 0.2) is 54.6 Å². The van der Waals surface area contributed by atoms with Gasteiger partial charge in [0, 0.05) is 32.7 Å². The number of methoxy groups -OCH3 is 1. The summed E-state index contributed by atoms with van der Waals surface area (Å²) in [5, 5.41) is 0. The van der Waals surface area contributed by atoms with Crippen molar-refractivity contribution in [2.75, 3.05) is 52.2 Å². The largest absolute Gasteiger partial charge is 0.497 e. The molecule has 152 valence electrons. The van der Waals surface area contributed by atoms with Gasteiger partial charge in [-0.15, -0.1) is 0 Å². The standard InChI is InChI=1S/C21H28N2O4S/c1-26-20-7-9-21(10-8-20)27-17-18-28(24,25)23-15-13-22(14-16-23)12-11-19-5-3-2-4-6-19/h2-10H,11-18H2,1H3. The van der Waals surface area contributed by atoms with Crippen molar-refractivity contribution in [2.24, 2.45) is 0 Å². The summed E-state index contributed by atoms with van der Waals surface area (Å²) in [6.07, 6.45) is 0.989. The third-order valence-corrected chi connectivity index (χ3v) is 6.79. The van der Waals surface area contributed by atoms with Crippen molar-refractivity contribution in [3.05, 3.63) is 60.2 Å². The fourth-order valence-electron chi connectivity index (χ4n) is 3.23. The Labute approximate surface area is 167 Å². The van der Waals surface area contributed by atoms with Crippen molar-refractivity contribution in [3.63, 3.8) is 0 Å². The lowest BCUT2D eigenvalue weighted by Gasteiger charge is -2.34. The first kappa shape index (κ1) is 20.6. The summed E-state index contributed by atoms with van der Waals surface area (Å²) in [6.45, 7) is 3.72. The third kappa shape index (κ3) is 5.95. The van der Waals surface area contributed by atoms with Crippen LogP contribution in [0.25, 0.3) is 0 Å². The van der Waals surface area contributed by atoms with E-state index >= 15 is 0 Å². The van der Waals surface area contributed by atoms with E-state index in [-0.39, 0.29) is 12.4 Å². The van der Waals surface area contributed by atoms with Gasteiger partial charge in [-0.25, -0.2) is 8.42 Å². The molecule has 0 aromatic heterocycles. The summed E-state index contributed by atoms with van der Waals surface area (Å²) in [6, 6.07) is 17.5. The lowest BCUT2D eigenvalue weighted by Crippen LogP contribution is -2.50.